The quantitative estimate of drug-likeness (QED) is 0.464. The first-order chi connectivity index (χ1) is 10.2. The molecule has 106 valence electrons. The second-order valence-corrected chi connectivity index (χ2v) is 4.35. The SMILES string of the molecule is N=NC(=O)c1cc2c(O)[nH][nH]c(-c3ccccc3)cn2[nH]1. The monoisotopic (exact) mass is 284 g/mol. The number of hydrogen-bond acceptors (Lipinski definition) is 3. The first-order valence-corrected chi connectivity index (χ1v) is 6.11. The number of rotatable bonds is 2. The van der Waals surface area contributed by atoms with Crippen molar-refractivity contribution in [3.05, 3.63) is 48.3 Å². The summed E-state index contributed by atoms with van der Waals surface area (Å²) in [6.45, 7) is 0. The van der Waals surface area contributed by atoms with Crippen molar-refractivity contribution in [1.82, 2.24) is 19.8 Å². The maximum Gasteiger partial charge on any atom is 0.312 e. The normalized spacial score (nSPS) is 10.5. The van der Waals surface area contributed by atoms with E-state index in [0.717, 1.165) is 5.56 Å². The molecule has 0 saturated carbocycles. The van der Waals surface area contributed by atoms with Gasteiger partial charge in [-0.25, -0.2) is 5.53 Å². The second-order valence-electron chi connectivity index (χ2n) is 4.35. The zero-order chi connectivity index (χ0) is 14.8. The molecule has 0 aliphatic heterocycles. The van der Waals surface area contributed by atoms with Crippen molar-refractivity contribution >= 4 is 11.4 Å². The summed E-state index contributed by atoms with van der Waals surface area (Å²) in [5.74, 6) is -0.872. The lowest BCUT2D eigenvalue weighted by Crippen LogP contribution is -1.95. The third kappa shape index (κ3) is 2.29. The number of carbonyl (C=O) groups excluding carboxylic acids is 1. The number of H-pyrrole nitrogens is 3. The average Bonchev–Trinajstić information content (AvgIpc) is 2.88. The Labute approximate surface area is 118 Å². The van der Waals surface area contributed by atoms with Crippen LogP contribution in [0.2, 0.25) is 0 Å². The number of amides is 1. The van der Waals surface area contributed by atoms with Crippen molar-refractivity contribution in [2.24, 2.45) is 5.11 Å². The molecule has 2 aromatic heterocycles. The Morgan fingerprint density at radius 1 is 1.24 bits per heavy atom. The van der Waals surface area contributed by atoms with Gasteiger partial charge in [0.1, 0.15) is 11.2 Å². The van der Waals surface area contributed by atoms with Crippen LogP contribution in [0.4, 0.5) is 0 Å². The molecule has 3 aromatic rings. The van der Waals surface area contributed by atoms with Crippen molar-refractivity contribution in [3.8, 4) is 17.1 Å². The van der Waals surface area contributed by atoms with E-state index in [1.807, 2.05) is 30.3 Å². The van der Waals surface area contributed by atoms with Crippen LogP contribution in [-0.2, 0) is 0 Å². The minimum Gasteiger partial charge on any atom is -0.492 e. The van der Waals surface area contributed by atoms with E-state index in [0.29, 0.717) is 11.2 Å². The average molecular weight is 284 g/mol. The number of nitrogens with one attached hydrogen (secondary N) is 4. The van der Waals surface area contributed by atoms with Gasteiger partial charge in [-0.2, -0.15) is 0 Å². The van der Waals surface area contributed by atoms with Crippen LogP contribution < -0.4 is 0 Å². The van der Waals surface area contributed by atoms with Crippen molar-refractivity contribution in [2.45, 2.75) is 0 Å². The van der Waals surface area contributed by atoms with Gasteiger partial charge < -0.3 is 5.11 Å². The molecule has 0 radical (unpaired) electrons. The number of benzene rings is 1. The summed E-state index contributed by atoms with van der Waals surface area (Å²) >= 11 is 0. The molecule has 0 bridgehead atoms. The summed E-state index contributed by atoms with van der Waals surface area (Å²) in [7, 11) is 0. The zero-order valence-corrected chi connectivity index (χ0v) is 10.8. The van der Waals surface area contributed by atoms with E-state index >= 15 is 0 Å². The lowest BCUT2D eigenvalue weighted by Gasteiger charge is -1.97. The minimum atomic E-state index is -0.717. The molecular weight excluding hydrogens is 272 g/mol. The van der Waals surface area contributed by atoms with Gasteiger partial charge in [-0.1, -0.05) is 30.3 Å². The van der Waals surface area contributed by atoms with Crippen LogP contribution >= 0.6 is 0 Å². The molecule has 0 fully saturated rings. The van der Waals surface area contributed by atoms with Gasteiger partial charge in [0.05, 0.1) is 11.9 Å². The summed E-state index contributed by atoms with van der Waals surface area (Å²) in [5.41, 5.74) is 8.80. The molecule has 0 saturated heterocycles. The maximum absolute atomic E-state index is 11.4. The first-order valence-electron chi connectivity index (χ1n) is 6.11. The molecule has 1 aromatic carbocycles. The van der Waals surface area contributed by atoms with Gasteiger partial charge in [0, 0.05) is 5.56 Å². The lowest BCUT2D eigenvalue weighted by molar-refractivity contribution is 0.0986. The van der Waals surface area contributed by atoms with E-state index in [2.05, 4.69) is 20.4 Å². The van der Waals surface area contributed by atoms with E-state index in [9.17, 15) is 9.90 Å². The van der Waals surface area contributed by atoms with E-state index in [-0.39, 0.29) is 11.6 Å². The van der Waals surface area contributed by atoms with Gasteiger partial charge in [-0.3, -0.25) is 24.6 Å². The third-order valence-corrected chi connectivity index (χ3v) is 3.01. The first kappa shape index (κ1) is 12.7. The van der Waals surface area contributed by atoms with Crippen molar-refractivity contribution in [1.29, 1.82) is 5.53 Å². The van der Waals surface area contributed by atoms with Gasteiger partial charge in [-0.05, 0) is 6.07 Å². The van der Waals surface area contributed by atoms with Crippen LogP contribution in [-0.4, -0.2) is 30.8 Å². The molecule has 1 amide bonds. The molecule has 21 heavy (non-hydrogen) atoms. The largest absolute Gasteiger partial charge is 0.492 e. The fraction of sp³-hybridized carbons (Fsp3) is 0. The Hall–Kier alpha value is -3.29. The van der Waals surface area contributed by atoms with Crippen molar-refractivity contribution < 1.29 is 9.90 Å². The second kappa shape index (κ2) is 5.00. The fourth-order valence-corrected chi connectivity index (χ4v) is 2.00. The molecular formula is C13H12N6O2. The molecule has 0 aliphatic rings. The molecule has 0 spiro atoms. The molecule has 0 unspecified atom stereocenters. The number of carbonyl (C=O) groups is 1. The smallest absolute Gasteiger partial charge is 0.312 e. The van der Waals surface area contributed by atoms with Crippen LogP contribution in [0, 0.1) is 5.53 Å². The van der Waals surface area contributed by atoms with Crippen molar-refractivity contribution in [3.63, 3.8) is 0 Å². The highest BCUT2D eigenvalue weighted by Crippen LogP contribution is 2.19. The van der Waals surface area contributed by atoms with Gasteiger partial charge in [0.15, 0.2) is 0 Å². The van der Waals surface area contributed by atoms with Crippen molar-refractivity contribution in [2.75, 3.05) is 0 Å². The van der Waals surface area contributed by atoms with Gasteiger partial charge in [0.25, 0.3) is 0 Å². The zero-order valence-electron chi connectivity index (χ0n) is 10.8. The number of aromatic nitrogens is 4. The highest BCUT2D eigenvalue weighted by Gasteiger charge is 2.10. The highest BCUT2D eigenvalue weighted by atomic mass is 16.3. The van der Waals surface area contributed by atoms with E-state index < -0.39 is 5.91 Å². The van der Waals surface area contributed by atoms with Gasteiger partial charge in [0.2, 0.25) is 5.88 Å². The summed E-state index contributed by atoms with van der Waals surface area (Å²) in [4.78, 5) is 11.4. The summed E-state index contributed by atoms with van der Waals surface area (Å²) in [6.07, 6.45) is 1.68. The molecule has 8 nitrogen and oxygen atoms in total. The number of aromatic hydroxyl groups is 1. The summed E-state index contributed by atoms with van der Waals surface area (Å²) in [5, 5.41) is 21.1. The molecule has 0 atom stereocenters. The topological polar surface area (TPSA) is 125 Å². The summed E-state index contributed by atoms with van der Waals surface area (Å²) < 4.78 is 1.48. The molecule has 8 heteroatoms. The molecule has 5 N–H and O–H groups in total. The number of nitrogens with zero attached hydrogens (tertiary/aromatic N) is 2. The molecule has 2 heterocycles. The Bertz CT molecular complexity index is 850. The Balaban J connectivity index is 2.25. The van der Waals surface area contributed by atoms with Gasteiger partial charge in [-0.15, -0.1) is 5.11 Å². The van der Waals surface area contributed by atoms with Gasteiger partial charge >= 0.3 is 5.91 Å². The highest BCUT2D eigenvalue weighted by molar-refractivity contribution is 5.93. The minimum absolute atomic E-state index is 0.110. The maximum atomic E-state index is 11.4. The van der Waals surface area contributed by atoms with E-state index in [1.54, 1.807) is 6.20 Å². The van der Waals surface area contributed by atoms with Crippen LogP contribution in [0.25, 0.3) is 16.8 Å². The molecule has 0 aliphatic carbocycles. The predicted octanol–water partition coefficient (Wildman–Crippen LogP) is 2.59. The summed E-state index contributed by atoms with van der Waals surface area (Å²) in [6, 6.07) is 10.9. The number of aromatic amines is 3. The van der Waals surface area contributed by atoms with Crippen LogP contribution in [0.15, 0.2) is 47.7 Å². The Morgan fingerprint density at radius 3 is 2.71 bits per heavy atom. The van der Waals surface area contributed by atoms with E-state index in [4.69, 9.17) is 5.53 Å². The fourth-order valence-electron chi connectivity index (χ4n) is 2.00. The Kier molecular flexibility index (Phi) is 3.03. The third-order valence-electron chi connectivity index (χ3n) is 3.01. The standard InChI is InChI=1S/C13H12N6O2/c14-15-12(20)9-6-11-13(21)17-16-10(7-19(11)18-9)8-4-2-1-3-5-8/h1-7,14,16-18,21H. The van der Waals surface area contributed by atoms with E-state index in [1.165, 1.54) is 10.6 Å². The Morgan fingerprint density at radius 2 is 2.00 bits per heavy atom. The number of hydrogen-bond donors (Lipinski definition) is 5. The van der Waals surface area contributed by atoms with Crippen LogP contribution in [0.5, 0.6) is 5.88 Å². The van der Waals surface area contributed by atoms with Crippen LogP contribution in [0.3, 0.4) is 0 Å². The lowest BCUT2D eigenvalue weighted by atomic mass is 10.2. The number of fused-ring (bicyclic) bond motifs is 1. The predicted molar refractivity (Wildman–Crippen MR) is 74.7 cm³/mol. The molecule has 3 rings (SSSR count). The van der Waals surface area contributed by atoms with Crippen LogP contribution in [0.1, 0.15) is 10.5 Å².